The van der Waals surface area contributed by atoms with Crippen LogP contribution in [0.1, 0.15) is 0 Å². The van der Waals surface area contributed by atoms with Gasteiger partial charge in [0, 0.05) is 28.0 Å². The van der Waals surface area contributed by atoms with E-state index in [2.05, 4.69) is 42.1 Å². The third kappa shape index (κ3) is 4.11. The summed E-state index contributed by atoms with van der Waals surface area (Å²) in [5.74, 6) is 0.546. The predicted octanol–water partition coefficient (Wildman–Crippen LogP) is 5.88. The maximum Gasteiger partial charge on any atom is 0.227 e. The Hall–Kier alpha value is -3.84. The number of aromatic amines is 1. The van der Waals surface area contributed by atoms with Crippen LogP contribution in [0.4, 0.5) is 17.3 Å². The number of fused-ring (bicyclic) bond motifs is 1. The van der Waals surface area contributed by atoms with Crippen LogP contribution in [0, 0.1) is 0 Å². The van der Waals surface area contributed by atoms with E-state index in [4.69, 9.17) is 0 Å². The molecule has 7 heteroatoms. The van der Waals surface area contributed by atoms with Gasteiger partial charge in [-0.25, -0.2) is 15.0 Å². The van der Waals surface area contributed by atoms with Crippen LogP contribution in [-0.2, 0) is 0 Å². The SMILES string of the molecule is c1ccc(SNc2cccc(Nc3nccc(-c4ccc5nc[nH]c5c4)n3)c2)cc1. The van der Waals surface area contributed by atoms with Crippen molar-refractivity contribution in [3.05, 3.63) is 91.4 Å². The van der Waals surface area contributed by atoms with Crippen LogP contribution in [0.25, 0.3) is 22.3 Å². The van der Waals surface area contributed by atoms with Crippen molar-refractivity contribution in [3.8, 4) is 11.3 Å². The van der Waals surface area contributed by atoms with Crippen molar-refractivity contribution in [2.45, 2.75) is 4.90 Å². The van der Waals surface area contributed by atoms with E-state index in [1.54, 1.807) is 24.5 Å². The molecule has 30 heavy (non-hydrogen) atoms. The Morgan fingerprint density at radius 2 is 1.70 bits per heavy atom. The molecular weight excluding hydrogens is 392 g/mol. The zero-order chi connectivity index (χ0) is 20.2. The number of aromatic nitrogens is 4. The first kappa shape index (κ1) is 18.2. The molecule has 0 aliphatic carbocycles. The quantitative estimate of drug-likeness (QED) is 0.303. The summed E-state index contributed by atoms with van der Waals surface area (Å²) in [7, 11) is 0. The lowest BCUT2D eigenvalue weighted by Crippen LogP contribution is -1.98. The van der Waals surface area contributed by atoms with Crippen molar-refractivity contribution in [2.75, 3.05) is 10.0 Å². The molecule has 3 N–H and O–H groups in total. The fourth-order valence-electron chi connectivity index (χ4n) is 3.07. The first-order valence-corrected chi connectivity index (χ1v) is 10.3. The highest BCUT2D eigenvalue weighted by Crippen LogP contribution is 2.25. The average Bonchev–Trinajstić information content (AvgIpc) is 3.27. The van der Waals surface area contributed by atoms with Gasteiger partial charge < -0.3 is 15.0 Å². The molecule has 0 aliphatic heterocycles. The number of hydrogen-bond donors (Lipinski definition) is 3. The lowest BCUT2D eigenvalue weighted by atomic mass is 10.1. The van der Waals surface area contributed by atoms with Gasteiger partial charge in [-0.2, -0.15) is 0 Å². The molecule has 0 aliphatic rings. The number of rotatable bonds is 6. The molecule has 2 heterocycles. The number of anilines is 3. The lowest BCUT2D eigenvalue weighted by molar-refractivity contribution is 1.17. The van der Waals surface area contributed by atoms with Gasteiger partial charge in [-0.15, -0.1) is 0 Å². The summed E-state index contributed by atoms with van der Waals surface area (Å²) in [4.78, 5) is 17.6. The molecular formula is C23H18N6S. The second kappa shape index (κ2) is 8.26. The number of benzene rings is 3. The maximum atomic E-state index is 4.67. The fraction of sp³-hybridized carbons (Fsp3) is 0. The second-order valence-corrected chi connectivity index (χ2v) is 7.50. The molecule has 0 radical (unpaired) electrons. The van der Waals surface area contributed by atoms with Gasteiger partial charge in [0.15, 0.2) is 0 Å². The second-order valence-electron chi connectivity index (χ2n) is 6.62. The van der Waals surface area contributed by atoms with Crippen LogP contribution in [0.5, 0.6) is 0 Å². The van der Waals surface area contributed by atoms with E-state index in [-0.39, 0.29) is 0 Å². The zero-order valence-electron chi connectivity index (χ0n) is 15.9. The Kier molecular flexibility index (Phi) is 5.01. The molecule has 0 amide bonds. The van der Waals surface area contributed by atoms with Gasteiger partial charge in [-0.1, -0.05) is 30.3 Å². The van der Waals surface area contributed by atoms with E-state index in [1.807, 2.05) is 66.7 Å². The highest BCUT2D eigenvalue weighted by atomic mass is 32.2. The minimum Gasteiger partial charge on any atom is -0.345 e. The molecule has 5 rings (SSSR count). The molecule has 2 aromatic heterocycles. The number of hydrogen-bond acceptors (Lipinski definition) is 6. The summed E-state index contributed by atoms with van der Waals surface area (Å²) in [6, 6.07) is 26.2. The van der Waals surface area contributed by atoms with Crippen LogP contribution in [0.15, 0.2) is 96.3 Å². The molecule has 0 bridgehead atoms. The standard InChI is InChI=1S/C23H18N6S/c1-2-7-19(8-3-1)30-29-18-6-4-5-17(14-18)27-23-24-12-11-20(28-23)16-9-10-21-22(13-16)26-15-25-21/h1-15,29H,(H,25,26)(H,24,27,28). The lowest BCUT2D eigenvalue weighted by Gasteiger charge is -2.10. The number of imidazole rings is 1. The van der Waals surface area contributed by atoms with Gasteiger partial charge in [0.05, 0.1) is 23.1 Å². The first-order valence-electron chi connectivity index (χ1n) is 9.45. The van der Waals surface area contributed by atoms with Crippen molar-refractivity contribution in [1.82, 2.24) is 19.9 Å². The van der Waals surface area contributed by atoms with Crippen LogP contribution in [0.3, 0.4) is 0 Å². The Bertz CT molecular complexity index is 1290. The van der Waals surface area contributed by atoms with Gasteiger partial charge in [0.25, 0.3) is 0 Å². The van der Waals surface area contributed by atoms with Gasteiger partial charge in [0.2, 0.25) is 5.95 Å². The summed E-state index contributed by atoms with van der Waals surface area (Å²) in [5.41, 5.74) is 5.67. The molecule has 0 spiro atoms. The van der Waals surface area contributed by atoms with Crippen molar-refractivity contribution >= 4 is 40.3 Å². The molecule has 0 atom stereocenters. The highest BCUT2D eigenvalue weighted by Gasteiger charge is 2.06. The molecule has 3 aromatic carbocycles. The van der Waals surface area contributed by atoms with Crippen LogP contribution in [-0.4, -0.2) is 19.9 Å². The molecule has 6 nitrogen and oxygen atoms in total. The Morgan fingerprint density at radius 3 is 2.63 bits per heavy atom. The van der Waals surface area contributed by atoms with E-state index in [9.17, 15) is 0 Å². The van der Waals surface area contributed by atoms with Gasteiger partial charge in [-0.3, -0.25) is 0 Å². The average molecular weight is 411 g/mol. The fourth-order valence-corrected chi connectivity index (χ4v) is 3.73. The van der Waals surface area contributed by atoms with E-state index in [1.165, 1.54) is 0 Å². The van der Waals surface area contributed by atoms with Crippen molar-refractivity contribution in [2.24, 2.45) is 0 Å². The van der Waals surface area contributed by atoms with Gasteiger partial charge in [-0.05, 0) is 60.5 Å². The van der Waals surface area contributed by atoms with Crippen LogP contribution < -0.4 is 10.0 Å². The Labute approximate surface area is 178 Å². The predicted molar refractivity (Wildman–Crippen MR) is 123 cm³/mol. The monoisotopic (exact) mass is 410 g/mol. The van der Waals surface area contributed by atoms with Crippen LogP contribution in [0.2, 0.25) is 0 Å². The highest BCUT2D eigenvalue weighted by molar-refractivity contribution is 8.00. The number of nitrogens with zero attached hydrogens (tertiary/aromatic N) is 3. The molecule has 0 unspecified atom stereocenters. The van der Waals surface area contributed by atoms with E-state index < -0.39 is 0 Å². The van der Waals surface area contributed by atoms with E-state index in [0.29, 0.717) is 5.95 Å². The zero-order valence-corrected chi connectivity index (χ0v) is 16.7. The molecule has 0 saturated heterocycles. The smallest absolute Gasteiger partial charge is 0.227 e. The minimum atomic E-state index is 0.546. The molecule has 0 fully saturated rings. The molecule has 146 valence electrons. The summed E-state index contributed by atoms with van der Waals surface area (Å²) >= 11 is 1.57. The minimum absolute atomic E-state index is 0.546. The Balaban J connectivity index is 1.32. The largest absolute Gasteiger partial charge is 0.345 e. The summed E-state index contributed by atoms with van der Waals surface area (Å²) < 4.78 is 3.37. The van der Waals surface area contributed by atoms with Crippen molar-refractivity contribution in [1.29, 1.82) is 0 Å². The van der Waals surface area contributed by atoms with E-state index >= 15 is 0 Å². The van der Waals surface area contributed by atoms with Crippen molar-refractivity contribution in [3.63, 3.8) is 0 Å². The van der Waals surface area contributed by atoms with E-state index in [0.717, 1.165) is 38.6 Å². The molecule has 0 saturated carbocycles. The topological polar surface area (TPSA) is 78.5 Å². The Morgan fingerprint density at radius 1 is 0.800 bits per heavy atom. The summed E-state index contributed by atoms with van der Waals surface area (Å²) in [6.45, 7) is 0. The summed E-state index contributed by atoms with van der Waals surface area (Å²) in [6.07, 6.45) is 3.45. The number of nitrogens with one attached hydrogen (secondary N) is 3. The first-order chi connectivity index (χ1) is 14.8. The van der Waals surface area contributed by atoms with Crippen molar-refractivity contribution < 1.29 is 0 Å². The normalized spacial score (nSPS) is 10.8. The molecule has 5 aromatic rings. The maximum absolute atomic E-state index is 4.67. The van der Waals surface area contributed by atoms with Gasteiger partial charge in [0.1, 0.15) is 0 Å². The van der Waals surface area contributed by atoms with Gasteiger partial charge >= 0.3 is 0 Å². The third-order valence-corrected chi connectivity index (χ3v) is 5.37. The summed E-state index contributed by atoms with van der Waals surface area (Å²) in [5, 5.41) is 3.29. The van der Waals surface area contributed by atoms with Crippen LogP contribution >= 0.6 is 11.9 Å². The third-order valence-electron chi connectivity index (χ3n) is 4.52. The number of H-pyrrole nitrogens is 1.